The number of hydrogen-bond donors (Lipinski definition) is 2. The summed E-state index contributed by atoms with van der Waals surface area (Å²) < 4.78 is 5.85. The van der Waals surface area contributed by atoms with Gasteiger partial charge < -0.3 is 14.6 Å². The molecule has 1 aromatic carbocycles. The first-order valence-corrected chi connectivity index (χ1v) is 12.3. The maximum atomic E-state index is 13.8. The Morgan fingerprint density at radius 2 is 1.87 bits per heavy atom. The van der Waals surface area contributed by atoms with E-state index in [9.17, 15) is 34.2 Å². The summed E-state index contributed by atoms with van der Waals surface area (Å²) in [7, 11) is 0. The zero-order valence-corrected chi connectivity index (χ0v) is 20.3. The van der Waals surface area contributed by atoms with Crippen molar-refractivity contribution < 1.29 is 38.6 Å². The minimum Gasteiger partial charge on any atom is -0.478 e. The number of imide groups is 1. The summed E-state index contributed by atoms with van der Waals surface area (Å²) in [6, 6.07) is 8.94. The first kappa shape index (κ1) is 24.0. The number of rotatable bonds is 4. The first-order valence-electron chi connectivity index (χ1n) is 12.3. The van der Waals surface area contributed by atoms with Gasteiger partial charge in [-0.15, -0.1) is 0 Å². The highest BCUT2D eigenvalue weighted by atomic mass is 16.4. The Morgan fingerprint density at radius 1 is 1.08 bits per heavy atom. The number of carbonyl (C=O) groups is 5. The van der Waals surface area contributed by atoms with Crippen molar-refractivity contribution in [2.75, 3.05) is 4.90 Å². The molecule has 0 saturated carbocycles. The van der Waals surface area contributed by atoms with Gasteiger partial charge in [-0.3, -0.25) is 24.1 Å². The van der Waals surface area contributed by atoms with E-state index >= 15 is 0 Å². The van der Waals surface area contributed by atoms with Crippen LogP contribution < -0.4 is 4.90 Å². The van der Waals surface area contributed by atoms with Gasteiger partial charge in [-0.05, 0) is 62.1 Å². The van der Waals surface area contributed by atoms with Crippen molar-refractivity contribution in [1.82, 2.24) is 0 Å². The van der Waals surface area contributed by atoms with Crippen LogP contribution in [0.15, 0.2) is 75.3 Å². The van der Waals surface area contributed by atoms with Crippen LogP contribution in [0.5, 0.6) is 0 Å². The lowest BCUT2D eigenvalue weighted by atomic mass is 9.60. The maximum Gasteiger partial charge on any atom is 0.335 e. The predicted molar refractivity (Wildman–Crippen MR) is 132 cm³/mol. The molecule has 1 aromatic heterocycles. The zero-order chi connectivity index (χ0) is 26.9. The Morgan fingerprint density at radius 3 is 2.58 bits per heavy atom. The smallest absolute Gasteiger partial charge is 0.335 e. The van der Waals surface area contributed by atoms with E-state index in [1.54, 1.807) is 19.1 Å². The summed E-state index contributed by atoms with van der Waals surface area (Å²) in [5.74, 6) is -4.66. The number of aliphatic hydroxyl groups excluding tert-OH is 1. The molecule has 192 valence electrons. The van der Waals surface area contributed by atoms with Crippen molar-refractivity contribution in [3.8, 4) is 0 Å². The van der Waals surface area contributed by atoms with E-state index in [0.717, 1.165) is 10.5 Å². The molecule has 2 heterocycles. The minimum absolute atomic E-state index is 0.0460. The van der Waals surface area contributed by atoms with Crippen molar-refractivity contribution in [2.45, 2.75) is 32.3 Å². The lowest BCUT2D eigenvalue weighted by molar-refractivity contribution is -0.123. The van der Waals surface area contributed by atoms with Crippen LogP contribution in [0, 0.1) is 17.8 Å². The average molecular weight is 514 g/mol. The summed E-state index contributed by atoms with van der Waals surface area (Å²) in [4.78, 5) is 66.3. The fourth-order valence-corrected chi connectivity index (χ4v) is 6.36. The Balaban J connectivity index is 1.46. The Bertz CT molecular complexity index is 1550. The molecule has 1 saturated heterocycles. The summed E-state index contributed by atoms with van der Waals surface area (Å²) in [6.07, 6.45) is 3.55. The number of ketones is 2. The number of anilines is 1. The molecular formula is C29H23NO8. The molecule has 1 aliphatic heterocycles. The zero-order valence-electron chi connectivity index (χ0n) is 20.3. The Kier molecular flexibility index (Phi) is 5.43. The Hall–Kier alpha value is -4.37. The van der Waals surface area contributed by atoms with Crippen molar-refractivity contribution >= 4 is 35.0 Å². The van der Waals surface area contributed by atoms with Crippen LogP contribution in [-0.4, -0.2) is 39.6 Å². The fraction of sp³-hybridized carbons (Fsp3) is 0.276. The topological polar surface area (TPSA) is 142 Å². The normalized spacial score (nSPS) is 26.6. The van der Waals surface area contributed by atoms with Crippen molar-refractivity contribution in [1.29, 1.82) is 0 Å². The third-order valence-electron chi connectivity index (χ3n) is 8.04. The number of carbonyl (C=O) groups excluding carboxylic acids is 4. The minimum atomic E-state index is -1.17. The SMILES string of the molecule is CC1=CC(=O)C2=C(C1=O)[C@@H](c1ccc(CO)o1)C1=CC[C@@H]3C(=O)N(c4cccc(C(=O)O)c4)C(=O)[C@@H]3[C@@H]1C2. The highest BCUT2D eigenvalue weighted by Crippen LogP contribution is 2.55. The van der Waals surface area contributed by atoms with E-state index in [-0.39, 0.29) is 42.3 Å². The van der Waals surface area contributed by atoms with Gasteiger partial charge in [0.25, 0.3) is 0 Å². The fourth-order valence-electron chi connectivity index (χ4n) is 6.36. The monoisotopic (exact) mass is 513 g/mol. The molecule has 4 atom stereocenters. The van der Waals surface area contributed by atoms with Crippen LogP contribution in [0.25, 0.3) is 0 Å². The number of fused-ring (bicyclic) bond motifs is 3. The molecular weight excluding hydrogens is 490 g/mol. The molecule has 6 rings (SSSR count). The van der Waals surface area contributed by atoms with Gasteiger partial charge in [-0.1, -0.05) is 17.7 Å². The highest BCUT2D eigenvalue weighted by molar-refractivity contribution is 6.25. The number of aliphatic hydroxyl groups is 1. The van der Waals surface area contributed by atoms with Crippen molar-refractivity contribution in [3.63, 3.8) is 0 Å². The molecule has 0 bridgehead atoms. The quantitative estimate of drug-likeness (QED) is 0.361. The number of carboxylic acids is 1. The second-order valence-corrected chi connectivity index (χ2v) is 10.1. The molecule has 3 aliphatic carbocycles. The van der Waals surface area contributed by atoms with Crippen LogP contribution in [0.4, 0.5) is 5.69 Å². The summed E-state index contributed by atoms with van der Waals surface area (Å²) in [5, 5.41) is 18.9. The number of benzene rings is 1. The van der Waals surface area contributed by atoms with E-state index in [1.807, 2.05) is 6.08 Å². The second-order valence-electron chi connectivity index (χ2n) is 10.1. The van der Waals surface area contributed by atoms with Crippen LogP contribution >= 0.6 is 0 Å². The molecule has 9 nitrogen and oxygen atoms in total. The lowest BCUT2D eigenvalue weighted by Crippen LogP contribution is -2.39. The van der Waals surface area contributed by atoms with Gasteiger partial charge in [-0.25, -0.2) is 4.79 Å². The molecule has 38 heavy (non-hydrogen) atoms. The van der Waals surface area contributed by atoms with Crippen molar-refractivity contribution in [2.24, 2.45) is 17.8 Å². The number of furan rings is 1. The van der Waals surface area contributed by atoms with Gasteiger partial charge in [0.05, 0.1) is 29.0 Å². The van der Waals surface area contributed by atoms with Gasteiger partial charge in [0.15, 0.2) is 11.6 Å². The van der Waals surface area contributed by atoms with E-state index < -0.39 is 41.5 Å². The van der Waals surface area contributed by atoms with Gasteiger partial charge in [0.2, 0.25) is 11.8 Å². The van der Waals surface area contributed by atoms with Gasteiger partial charge in [0, 0.05) is 16.7 Å². The molecule has 0 radical (unpaired) electrons. The van der Waals surface area contributed by atoms with E-state index in [1.165, 1.54) is 30.3 Å². The summed E-state index contributed by atoms with van der Waals surface area (Å²) >= 11 is 0. The van der Waals surface area contributed by atoms with Crippen LogP contribution in [0.3, 0.4) is 0 Å². The number of amides is 2. The average Bonchev–Trinajstić information content (AvgIpc) is 3.48. The molecule has 0 unspecified atom stereocenters. The van der Waals surface area contributed by atoms with Gasteiger partial charge in [0.1, 0.15) is 18.1 Å². The molecule has 2 aromatic rings. The van der Waals surface area contributed by atoms with Crippen molar-refractivity contribution in [3.05, 3.63) is 87.9 Å². The van der Waals surface area contributed by atoms with Gasteiger partial charge >= 0.3 is 5.97 Å². The van der Waals surface area contributed by atoms with E-state index in [2.05, 4.69) is 0 Å². The third-order valence-corrected chi connectivity index (χ3v) is 8.04. The van der Waals surface area contributed by atoms with Crippen LogP contribution in [-0.2, 0) is 25.8 Å². The highest BCUT2D eigenvalue weighted by Gasteiger charge is 2.57. The lowest BCUT2D eigenvalue weighted by Gasteiger charge is -2.41. The van der Waals surface area contributed by atoms with E-state index in [0.29, 0.717) is 28.2 Å². The molecule has 0 spiro atoms. The maximum absolute atomic E-state index is 13.8. The number of allylic oxidation sites excluding steroid dienone is 6. The first-order chi connectivity index (χ1) is 18.2. The standard InChI is InChI=1S/C29H23NO8/c1-13-9-21(32)20-11-19-17(24(25(20)26(13)33)22-8-5-16(12-31)38-22)6-7-18-23(19)28(35)30(27(18)34)15-4-2-3-14(10-15)29(36)37/h2-6,8-10,18-19,23-24,31H,7,11-12H2,1H3,(H,36,37)/t18-,19+,23-,24+/m0/s1. The van der Waals surface area contributed by atoms with Crippen LogP contribution in [0.2, 0.25) is 0 Å². The van der Waals surface area contributed by atoms with Gasteiger partial charge in [-0.2, -0.15) is 0 Å². The predicted octanol–water partition coefficient (Wildman–Crippen LogP) is 3.10. The molecule has 2 N–H and O–H groups in total. The summed E-state index contributed by atoms with van der Waals surface area (Å²) in [5.41, 5.74) is 1.82. The molecule has 2 amide bonds. The Labute approximate surface area is 216 Å². The number of Topliss-reactive ketones (excluding diaryl/α,β-unsaturated/α-hetero) is 1. The molecule has 9 heteroatoms. The largest absolute Gasteiger partial charge is 0.478 e. The number of aromatic carboxylic acids is 1. The second kappa shape index (κ2) is 8.59. The number of nitrogens with zero attached hydrogens (tertiary/aromatic N) is 1. The van der Waals surface area contributed by atoms with E-state index in [4.69, 9.17) is 4.42 Å². The molecule has 4 aliphatic rings. The number of hydrogen-bond acceptors (Lipinski definition) is 7. The number of carboxylic acid groups (broad SMARTS) is 1. The van der Waals surface area contributed by atoms with Crippen LogP contribution in [0.1, 0.15) is 47.6 Å². The summed E-state index contributed by atoms with van der Waals surface area (Å²) in [6.45, 7) is 1.25. The third kappa shape index (κ3) is 3.39. The molecule has 1 fully saturated rings.